The first-order chi connectivity index (χ1) is 26.3. The highest BCUT2D eigenvalue weighted by molar-refractivity contribution is 8.00. The SMILES string of the molecule is c1ccc(N2c3ccccc3Sc3c2cc2c4c3N(c3ccccc3)c3ccccc3B4c3ccccc3[Si]2(c2ccccc2)c2ccccc2)cc1. The molecule has 0 amide bonds. The van der Waals surface area contributed by atoms with Crippen molar-refractivity contribution in [2.24, 2.45) is 0 Å². The Morgan fingerprint density at radius 3 is 1.58 bits per heavy atom. The monoisotopic (exact) mass is 708 g/mol. The van der Waals surface area contributed by atoms with Crippen LogP contribution in [-0.2, 0) is 0 Å². The first-order valence-electron chi connectivity index (χ1n) is 18.3. The molecule has 0 radical (unpaired) electrons. The van der Waals surface area contributed by atoms with Crippen LogP contribution in [0.4, 0.5) is 34.1 Å². The fourth-order valence-electron chi connectivity index (χ4n) is 9.35. The topological polar surface area (TPSA) is 6.48 Å². The van der Waals surface area contributed by atoms with Crippen LogP contribution in [0.5, 0.6) is 0 Å². The zero-order chi connectivity index (χ0) is 34.9. The molecule has 0 N–H and O–H groups in total. The van der Waals surface area contributed by atoms with Crippen molar-refractivity contribution in [3.63, 3.8) is 0 Å². The van der Waals surface area contributed by atoms with Gasteiger partial charge in [0.05, 0.1) is 22.0 Å². The lowest BCUT2D eigenvalue weighted by molar-refractivity contribution is 1.15. The Morgan fingerprint density at radius 1 is 0.415 bits per heavy atom. The number of fused-ring (bicyclic) bond motifs is 7. The molecular weight excluding hydrogens is 676 g/mol. The fraction of sp³-hybridized carbons (Fsp3) is 0. The van der Waals surface area contributed by atoms with Crippen LogP contribution in [0.25, 0.3) is 0 Å². The average Bonchev–Trinajstić information content (AvgIpc) is 3.24. The maximum Gasteiger partial charge on any atom is 0.246 e. The minimum Gasteiger partial charge on any atom is -0.310 e. The number of nitrogens with zero attached hydrogens (tertiary/aromatic N) is 2. The summed E-state index contributed by atoms with van der Waals surface area (Å²) in [7, 11) is -2.93. The van der Waals surface area contributed by atoms with Gasteiger partial charge in [0.15, 0.2) is 8.07 Å². The van der Waals surface area contributed by atoms with Gasteiger partial charge in [0, 0.05) is 22.0 Å². The molecule has 0 spiro atoms. The highest BCUT2D eigenvalue weighted by atomic mass is 32.2. The van der Waals surface area contributed by atoms with Crippen molar-refractivity contribution in [3.8, 4) is 0 Å². The summed E-state index contributed by atoms with van der Waals surface area (Å²) >= 11 is 1.92. The molecule has 0 fully saturated rings. The van der Waals surface area contributed by atoms with E-state index in [4.69, 9.17) is 0 Å². The molecule has 2 nitrogen and oxygen atoms in total. The molecule has 0 aliphatic carbocycles. The van der Waals surface area contributed by atoms with E-state index in [1.807, 2.05) is 11.8 Å². The Labute approximate surface area is 316 Å². The minimum absolute atomic E-state index is 0.0775. The van der Waals surface area contributed by atoms with Crippen LogP contribution >= 0.6 is 11.8 Å². The smallest absolute Gasteiger partial charge is 0.246 e. The second-order valence-corrected chi connectivity index (χ2v) is 18.8. The molecule has 3 aliphatic heterocycles. The van der Waals surface area contributed by atoms with E-state index in [9.17, 15) is 0 Å². The lowest BCUT2D eigenvalue weighted by Gasteiger charge is -2.49. The second-order valence-electron chi connectivity index (χ2n) is 14.0. The van der Waals surface area contributed by atoms with E-state index in [-0.39, 0.29) is 6.71 Å². The van der Waals surface area contributed by atoms with Gasteiger partial charge in [-0.3, -0.25) is 0 Å². The van der Waals surface area contributed by atoms with Crippen molar-refractivity contribution in [1.29, 1.82) is 0 Å². The first-order valence-corrected chi connectivity index (χ1v) is 21.1. The van der Waals surface area contributed by atoms with Crippen LogP contribution in [-0.4, -0.2) is 14.8 Å². The van der Waals surface area contributed by atoms with Gasteiger partial charge in [0.1, 0.15) is 0 Å². The summed E-state index contributed by atoms with van der Waals surface area (Å²) in [5.41, 5.74) is 11.5. The van der Waals surface area contributed by atoms with Gasteiger partial charge in [-0.05, 0) is 80.2 Å². The van der Waals surface area contributed by atoms with Crippen molar-refractivity contribution in [1.82, 2.24) is 0 Å². The predicted octanol–water partition coefficient (Wildman–Crippen LogP) is 7.61. The summed E-state index contributed by atoms with van der Waals surface area (Å²) in [6, 6.07) is 74.9. The molecule has 0 saturated carbocycles. The molecule has 0 saturated heterocycles. The zero-order valence-corrected chi connectivity index (χ0v) is 30.7. The maximum atomic E-state index is 2.62. The van der Waals surface area contributed by atoms with E-state index >= 15 is 0 Å². The molecule has 3 aliphatic rings. The van der Waals surface area contributed by atoms with Crippen LogP contribution in [0, 0.1) is 0 Å². The van der Waals surface area contributed by atoms with Gasteiger partial charge in [-0.2, -0.15) is 0 Å². The Hall–Kier alpha value is -6.01. The van der Waals surface area contributed by atoms with E-state index in [1.165, 1.54) is 75.4 Å². The summed E-state index contributed by atoms with van der Waals surface area (Å²) in [5.74, 6) is 0. The molecule has 8 aromatic rings. The average molecular weight is 709 g/mol. The van der Waals surface area contributed by atoms with Crippen LogP contribution in [0.1, 0.15) is 0 Å². The number of rotatable bonds is 4. The number of anilines is 6. The third-order valence-corrected chi connectivity index (χ3v) is 17.4. The third kappa shape index (κ3) is 4.35. The van der Waals surface area contributed by atoms with Gasteiger partial charge in [-0.15, -0.1) is 0 Å². The summed E-state index contributed by atoms with van der Waals surface area (Å²) in [6.45, 7) is 0.0775. The van der Waals surface area contributed by atoms with Gasteiger partial charge in [0.2, 0.25) is 6.71 Å². The van der Waals surface area contributed by atoms with Crippen LogP contribution in [0.15, 0.2) is 210 Å². The molecule has 0 atom stereocenters. The quantitative estimate of drug-likeness (QED) is 0.174. The summed E-state index contributed by atoms with van der Waals surface area (Å²) in [4.78, 5) is 7.65. The van der Waals surface area contributed by atoms with E-state index < -0.39 is 8.07 Å². The Morgan fingerprint density at radius 2 is 0.925 bits per heavy atom. The molecule has 8 aromatic carbocycles. The molecule has 0 aromatic heterocycles. The summed E-state index contributed by atoms with van der Waals surface area (Å²) in [5, 5.41) is 5.74. The van der Waals surface area contributed by atoms with Crippen LogP contribution in [0.3, 0.4) is 0 Å². The van der Waals surface area contributed by atoms with Crippen molar-refractivity contribution < 1.29 is 0 Å². The van der Waals surface area contributed by atoms with Crippen LogP contribution < -0.4 is 46.9 Å². The van der Waals surface area contributed by atoms with E-state index in [0.29, 0.717) is 0 Å². The van der Waals surface area contributed by atoms with E-state index in [2.05, 4.69) is 210 Å². The Kier molecular flexibility index (Phi) is 6.94. The van der Waals surface area contributed by atoms with Crippen molar-refractivity contribution >= 4 is 97.8 Å². The van der Waals surface area contributed by atoms with Crippen LogP contribution in [0.2, 0.25) is 0 Å². The number of benzene rings is 8. The summed E-state index contributed by atoms with van der Waals surface area (Å²) < 4.78 is 0. The maximum absolute atomic E-state index is 2.93. The standard InChI is InChI=1S/C48H33BN2SSi/c1-5-19-34(20-6-1)50-41-30-16-17-31-43(41)52-48-42(50)33-45-46-47(48)51(35-21-7-2-8-22-35)40-29-15-13-27-38(40)49(46)39-28-14-18-32-44(39)53(45,36-23-9-3-10-24-36)37-25-11-4-12-26-37/h1-33H. The normalized spacial score (nSPS) is 14.4. The second kappa shape index (κ2) is 12.0. The Bertz CT molecular complexity index is 2630. The molecule has 0 unspecified atom stereocenters. The highest BCUT2D eigenvalue weighted by Gasteiger charge is 2.54. The lowest BCUT2D eigenvalue weighted by Crippen LogP contribution is -2.87. The zero-order valence-electron chi connectivity index (χ0n) is 28.9. The first kappa shape index (κ1) is 30.6. The predicted molar refractivity (Wildman–Crippen MR) is 228 cm³/mol. The molecule has 0 bridgehead atoms. The van der Waals surface area contributed by atoms with Gasteiger partial charge in [-0.1, -0.05) is 169 Å². The molecule has 53 heavy (non-hydrogen) atoms. The van der Waals surface area contributed by atoms with Gasteiger partial charge in [0.25, 0.3) is 0 Å². The van der Waals surface area contributed by atoms with Gasteiger partial charge < -0.3 is 9.80 Å². The molecular formula is C48H33BN2SSi. The highest BCUT2D eigenvalue weighted by Crippen LogP contribution is 2.56. The van der Waals surface area contributed by atoms with Crippen molar-refractivity contribution in [3.05, 3.63) is 200 Å². The molecule has 3 heterocycles. The number of hydrogen-bond donors (Lipinski definition) is 0. The summed E-state index contributed by atoms with van der Waals surface area (Å²) in [6.07, 6.45) is 0. The lowest BCUT2D eigenvalue weighted by atomic mass is 9.34. The number of para-hydroxylation sites is 4. The van der Waals surface area contributed by atoms with E-state index in [0.717, 1.165) is 5.69 Å². The molecule has 11 rings (SSSR count). The third-order valence-electron chi connectivity index (χ3n) is 11.4. The van der Waals surface area contributed by atoms with E-state index in [1.54, 1.807) is 0 Å². The molecule has 248 valence electrons. The van der Waals surface area contributed by atoms with Gasteiger partial charge in [-0.25, -0.2) is 0 Å². The Balaban J connectivity index is 1.38. The molecule has 5 heteroatoms. The van der Waals surface area contributed by atoms with Crippen molar-refractivity contribution in [2.75, 3.05) is 9.80 Å². The van der Waals surface area contributed by atoms with Gasteiger partial charge >= 0.3 is 0 Å². The fourth-order valence-corrected chi connectivity index (χ4v) is 15.8. The van der Waals surface area contributed by atoms with Crippen molar-refractivity contribution in [2.45, 2.75) is 9.79 Å². The number of hydrogen-bond acceptors (Lipinski definition) is 3. The largest absolute Gasteiger partial charge is 0.310 e. The minimum atomic E-state index is -2.93.